The molecular formula is C23H33NO6S. The highest BCUT2D eigenvalue weighted by molar-refractivity contribution is 7.89. The Labute approximate surface area is 185 Å². The summed E-state index contributed by atoms with van der Waals surface area (Å²) in [5.41, 5.74) is -0.772. The Kier molecular flexibility index (Phi) is 8.05. The Hall–Kier alpha value is -2.19. The van der Waals surface area contributed by atoms with Crippen molar-refractivity contribution in [2.24, 2.45) is 5.92 Å². The van der Waals surface area contributed by atoms with E-state index in [4.69, 9.17) is 9.47 Å². The number of methoxy groups -OCH3 is 2. The third-order valence-corrected chi connectivity index (χ3v) is 7.51. The fourth-order valence-corrected chi connectivity index (χ4v) is 5.83. The van der Waals surface area contributed by atoms with Crippen molar-refractivity contribution in [3.05, 3.63) is 41.0 Å². The predicted molar refractivity (Wildman–Crippen MR) is 118 cm³/mol. The summed E-state index contributed by atoms with van der Waals surface area (Å²) in [5, 5.41) is 0. The molecule has 2 rings (SSSR count). The van der Waals surface area contributed by atoms with Gasteiger partial charge in [0.15, 0.2) is 5.72 Å². The molecule has 31 heavy (non-hydrogen) atoms. The van der Waals surface area contributed by atoms with Crippen LogP contribution in [0.25, 0.3) is 0 Å². The number of aryl methyl sites for hydroxylation is 1. The minimum atomic E-state index is -4.30. The summed E-state index contributed by atoms with van der Waals surface area (Å²) in [6.45, 7) is 7.36. The molecular weight excluding hydrogens is 418 g/mol. The van der Waals surface area contributed by atoms with Gasteiger partial charge in [0.2, 0.25) is 0 Å². The normalized spacial score (nSPS) is 19.5. The zero-order chi connectivity index (χ0) is 23.4. The summed E-state index contributed by atoms with van der Waals surface area (Å²) in [6, 6.07) is 6.24. The molecule has 0 fully saturated rings. The van der Waals surface area contributed by atoms with E-state index in [0.717, 1.165) is 29.1 Å². The van der Waals surface area contributed by atoms with Gasteiger partial charge in [-0.05, 0) is 31.9 Å². The number of amides is 1. The number of carbonyl (C=O) groups excluding carboxylic acids is 2. The van der Waals surface area contributed by atoms with Crippen LogP contribution in [0.5, 0.6) is 0 Å². The Bertz CT molecular complexity index is 949. The highest BCUT2D eigenvalue weighted by atomic mass is 32.2. The molecule has 0 N–H and O–H groups in total. The molecule has 1 aliphatic heterocycles. The summed E-state index contributed by atoms with van der Waals surface area (Å²) in [5.74, 6) is -2.02. The molecule has 0 aromatic heterocycles. The molecule has 0 saturated carbocycles. The van der Waals surface area contributed by atoms with Gasteiger partial charge in [0.1, 0.15) is 0 Å². The Morgan fingerprint density at radius 3 is 2.19 bits per heavy atom. The SMILES string of the molecule is CCCCCCC1=C(C(=O)OC)C(OC)(C(C)C)N(S(=O)(=O)c2ccc(C)cc2)C1=O. The van der Waals surface area contributed by atoms with Crippen molar-refractivity contribution < 1.29 is 27.5 Å². The molecule has 0 bridgehead atoms. The molecule has 1 atom stereocenters. The van der Waals surface area contributed by atoms with Crippen LogP contribution in [0.15, 0.2) is 40.3 Å². The molecule has 1 aromatic carbocycles. The van der Waals surface area contributed by atoms with Gasteiger partial charge in [0, 0.05) is 18.6 Å². The zero-order valence-corrected chi connectivity index (χ0v) is 20.0. The molecule has 1 aliphatic rings. The Morgan fingerprint density at radius 2 is 1.71 bits per heavy atom. The largest absolute Gasteiger partial charge is 0.466 e. The third-order valence-electron chi connectivity index (χ3n) is 5.73. The minimum absolute atomic E-state index is 0.0234. The van der Waals surface area contributed by atoms with E-state index in [-0.39, 0.29) is 22.5 Å². The highest BCUT2D eigenvalue weighted by Crippen LogP contribution is 2.46. The summed E-state index contributed by atoms with van der Waals surface area (Å²) < 4.78 is 38.8. The third kappa shape index (κ3) is 4.41. The molecule has 0 aliphatic carbocycles. The van der Waals surface area contributed by atoms with Crippen LogP contribution in [-0.4, -0.2) is 44.5 Å². The van der Waals surface area contributed by atoms with Crippen LogP contribution in [0.2, 0.25) is 0 Å². The van der Waals surface area contributed by atoms with Gasteiger partial charge in [-0.2, -0.15) is 4.31 Å². The number of benzene rings is 1. The maximum atomic E-state index is 13.7. The second kappa shape index (κ2) is 9.96. The van der Waals surface area contributed by atoms with E-state index >= 15 is 0 Å². The second-order valence-corrected chi connectivity index (χ2v) is 9.89. The second-order valence-electron chi connectivity index (χ2n) is 8.10. The van der Waals surface area contributed by atoms with Gasteiger partial charge in [0.25, 0.3) is 15.9 Å². The molecule has 0 spiro atoms. The highest BCUT2D eigenvalue weighted by Gasteiger charge is 2.61. The molecule has 0 radical (unpaired) electrons. The monoisotopic (exact) mass is 451 g/mol. The van der Waals surface area contributed by atoms with Crippen molar-refractivity contribution in [3.63, 3.8) is 0 Å². The molecule has 8 heteroatoms. The Balaban J connectivity index is 2.70. The van der Waals surface area contributed by atoms with Crippen molar-refractivity contribution in [2.45, 2.75) is 70.4 Å². The van der Waals surface area contributed by atoms with Crippen molar-refractivity contribution in [1.29, 1.82) is 0 Å². The minimum Gasteiger partial charge on any atom is -0.466 e. The van der Waals surface area contributed by atoms with E-state index < -0.39 is 33.5 Å². The fraction of sp³-hybridized carbons (Fsp3) is 0.565. The lowest BCUT2D eigenvalue weighted by Crippen LogP contribution is -2.57. The summed E-state index contributed by atoms with van der Waals surface area (Å²) in [4.78, 5) is 26.4. The lowest BCUT2D eigenvalue weighted by atomic mass is 9.89. The van der Waals surface area contributed by atoms with Gasteiger partial charge in [-0.1, -0.05) is 57.7 Å². The lowest BCUT2D eigenvalue weighted by Gasteiger charge is -2.40. The maximum Gasteiger partial charge on any atom is 0.339 e. The summed E-state index contributed by atoms with van der Waals surface area (Å²) in [6.07, 6.45) is 3.81. The molecule has 0 saturated heterocycles. The van der Waals surface area contributed by atoms with E-state index in [1.165, 1.54) is 26.4 Å². The van der Waals surface area contributed by atoms with Crippen LogP contribution in [0.1, 0.15) is 58.4 Å². The number of esters is 1. The number of rotatable bonds is 10. The molecule has 1 amide bonds. The molecule has 1 heterocycles. The first kappa shape index (κ1) is 25.1. The number of ether oxygens (including phenoxy) is 2. The van der Waals surface area contributed by atoms with Gasteiger partial charge < -0.3 is 9.47 Å². The average molecular weight is 452 g/mol. The summed E-state index contributed by atoms with van der Waals surface area (Å²) in [7, 11) is -1.77. The van der Waals surface area contributed by atoms with E-state index in [2.05, 4.69) is 6.92 Å². The average Bonchev–Trinajstić information content (AvgIpc) is 3.00. The quantitative estimate of drug-likeness (QED) is 0.395. The van der Waals surface area contributed by atoms with Crippen LogP contribution in [0, 0.1) is 12.8 Å². The zero-order valence-electron chi connectivity index (χ0n) is 19.2. The van der Waals surface area contributed by atoms with Gasteiger partial charge >= 0.3 is 5.97 Å². The van der Waals surface area contributed by atoms with Crippen molar-refractivity contribution in [2.75, 3.05) is 14.2 Å². The van der Waals surface area contributed by atoms with Crippen molar-refractivity contribution >= 4 is 21.9 Å². The van der Waals surface area contributed by atoms with Crippen molar-refractivity contribution in [3.8, 4) is 0 Å². The van der Waals surface area contributed by atoms with Crippen LogP contribution in [-0.2, 0) is 29.1 Å². The van der Waals surface area contributed by atoms with Gasteiger partial charge in [-0.25, -0.2) is 13.2 Å². The number of nitrogens with zero attached hydrogens (tertiary/aromatic N) is 1. The topological polar surface area (TPSA) is 90.0 Å². The van der Waals surface area contributed by atoms with E-state index in [1.54, 1.807) is 26.0 Å². The van der Waals surface area contributed by atoms with E-state index in [9.17, 15) is 18.0 Å². The van der Waals surface area contributed by atoms with Crippen LogP contribution in [0.4, 0.5) is 0 Å². The first-order valence-corrected chi connectivity index (χ1v) is 12.1. The standard InChI is InChI=1S/C23H33NO6S/c1-7-8-9-10-11-19-20(22(26)29-5)23(30-6,16(2)3)24(21(19)25)31(27,28)18-14-12-17(4)13-15-18/h12-16H,7-11H2,1-6H3. The number of unbranched alkanes of at least 4 members (excludes halogenated alkanes) is 3. The Morgan fingerprint density at radius 1 is 1.10 bits per heavy atom. The number of hydrogen-bond donors (Lipinski definition) is 0. The fourth-order valence-electron chi connectivity index (χ4n) is 4.08. The number of carbonyl (C=O) groups is 2. The first-order valence-electron chi connectivity index (χ1n) is 10.6. The van der Waals surface area contributed by atoms with Crippen LogP contribution in [0.3, 0.4) is 0 Å². The number of hydrogen-bond acceptors (Lipinski definition) is 6. The van der Waals surface area contributed by atoms with E-state index in [0.29, 0.717) is 6.42 Å². The lowest BCUT2D eigenvalue weighted by molar-refractivity contribution is -0.150. The van der Waals surface area contributed by atoms with Crippen molar-refractivity contribution in [1.82, 2.24) is 4.31 Å². The predicted octanol–water partition coefficient (Wildman–Crippen LogP) is 3.96. The maximum absolute atomic E-state index is 13.7. The smallest absolute Gasteiger partial charge is 0.339 e. The number of sulfonamides is 1. The molecule has 1 aromatic rings. The van der Waals surface area contributed by atoms with Gasteiger partial charge in [-0.15, -0.1) is 0 Å². The first-order chi connectivity index (χ1) is 14.6. The van der Waals surface area contributed by atoms with Crippen LogP contribution < -0.4 is 0 Å². The molecule has 7 nitrogen and oxygen atoms in total. The van der Waals surface area contributed by atoms with Crippen LogP contribution >= 0.6 is 0 Å². The van der Waals surface area contributed by atoms with E-state index in [1.807, 2.05) is 6.92 Å². The van der Waals surface area contributed by atoms with Gasteiger partial charge in [0.05, 0.1) is 17.6 Å². The summed E-state index contributed by atoms with van der Waals surface area (Å²) >= 11 is 0. The molecule has 172 valence electrons. The molecule has 1 unspecified atom stereocenters. The van der Waals surface area contributed by atoms with Gasteiger partial charge in [-0.3, -0.25) is 4.79 Å².